The zero-order chi connectivity index (χ0) is 43.4. The average molecular weight is 866 g/mol. The first-order valence-electron chi connectivity index (χ1n) is 20.8. The van der Waals surface area contributed by atoms with Gasteiger partial charge in [-0.05, 0) is 104 Å². The van der Waals surface area contributed by atoms with Gasteiger partial charge in [0, 0.05) is 24.8 Å². The van der Waals surface area contributed by atoms with Crippen molar-refractivity contribution in [1.29, 1.82) is 0 Å². The summed E-state index contributed by atoms with van der Waals surface area (Å²) in [5.41, 5.74) is 0.783. The number of fused-ring (bicyclic) bond motifs is 3. The highest BCUT2D eigenvalue weighted by molar-refractivity contribution is 7.89. The third-order valence-electron chi connectivity index (χ3n) is 13.7. The van der Waals surface area contributed by atoms with Crippen molar-refractivity contribution < 1.29 is 77.4 Å². The third kappa shape index (κ3) is 10.1. The molecule has 5 fully saturated rings. The van der Waals surface area contributed by atoms with Crippen molar-refractivity contribution in [3.63, 3.8) is 0 Å². The molecule has 4 aliphatic carbocycles. The molecule has 17 nitrogen and oxygen atoms in total. The lowest BCUT2D eigenvalue weighted by atomic mass is 9.43. The number of benzene rings is 1. The highest BCUT2D eigenvalue weighted by Crippen LogP contribution is 2.70. The van der Waals surface area contributed by atoms with E-state index >= 15 is 0 Å². The highest BCUT2D eigenvalue weighted by atomic mass is 32.2. The lowest BCUT2D eigenvalue weighted by Gasteiger charge is -2.62. The summed E-state index contributed by atoms with van der Waals surface area (Å²) < 4.78 is 34.3. The fraction of sp³-hybridized carbons (Fsp3) is 0.714. The molecule has 6 N–H and O–H groups in total. The minimum atomic E-state index is -1.64. The summed E-state index contributed by atoms with van der Waals surface area (Å²) in [6.45, 7) is 9.74. The SMILES string of the molecule is C=C1C2CCC3C4(C)CC(O[C@H]5O[C@H](COC(=O)CCC(=O)NCCc6ccc(O)cc6)[C@@H](O)[C@@H](OSOOO)C5OC(=O)CC(C)C)CC(C(=O)O)C4CCC3(C2)[C@H]1O. The Balaban J connectivity index is 1.17. The number of rotatable bonds is 18. The van der Waals surface area contributed by atoms with Gasteiger partial charge in [0.2, 0.25) is 5.91 Å². The van der Waals surface area contributed by atoms with Crippen LogP contribution in [0.4, 0.5) is 0 Å². The molecule has 4 saturated carbocycles. The van der Waals surface area contributed by atoms with Gasteiger partial charge >= 0.3 is 17.9 Å². The molecule has 1 aliphatic heterocycles. The second kappa shape index (κ2) is 19.8. The molecule has 2 bridgehead atoms. The predicted molar refractivity (Wildman–Crippen MR) is 211 cm³/mol. The summed E-state index contributed by atoms with van der Waals surface area (Å²) in [7, 11) is 0. The Bertz CT molecular complexity index is 1700. The van der Waals surface area contributed by atoms with Crippen molar-refractivity contribution in [3.8, 4) is 5.75 Å². The molecule has 5 aliphatic rings. The van der Waals surface area contributed by atoms with E-state index < -0.39 is 84.2 Å². The Morgan fingerprint density at radius 1 is 1.03 bits per heavy atom. The number of hydrogen-bond donors (Lipinski definition) is 6. The Hall–Kier alpha value is -3.33. The Morgan fingerprint density at radius 3 is 2.48 bits per heavy atom. The van der Waals surface area contributed by atoms with Gasteiger partial charge in [-0.3, -0.25) is 23.4 Å². The molecule has 0 aromatic heterocycles. The van der Waals surface area contributed by atoms with Gasteiger partial charge in [-0.25, -0.2) is 5.26 Å². The van der Waals surface area contributed by atoms with Crippen LogP contribution >= 0.6 is 12.3 Å². The largest absolute Gasteiger partial charge is 0.508 e. The van der Waals surface area contributed by atoms with Crippen LogP contribution in [0.5, 0.6) is 5.75 Å². The van der Waals surface area contributed by atoms with Crippen LogP contribution in [0.15, 0.2) is 36.4 Å². The van der Waals surface area contributed by atoms with Gasteiger partial charge in [0.05, 0.1) is 24.5 Å². The fourth-order valence-electron chi connectivity index (χ4n) is 11.1. The molecule has 1 amide bonds. The summed E-state index contributed by atoms with van der Waals surface area (Å²) in [5.74, 6) is -3.51. The van der Waals surface area contributed by atoms with Gasteiger partial charge in [-0.2, -0.15) is 0 Å². The van der Waals surface area contributed by atoms with Gasteiger partial charge in [0.1, 0.15) is 30.7 Å². The van der Waals surface area contributed by atoms with E-state index in [-0.39, 0.29) is 73.3 Å². The Labute approximate surface area is 353 Å². The molecule has 60 heavy (non-hydrogen) atoms. The predicted octanol–water partition coefficient (Wildman–Crippen LogP) is 4.42. The van der Waals surface area contributed by atoms with Crippen molar-refractivity contribution >= 4 is 36.1 Å². The van der Waals surface area contributed by atoms with Crippen LogP contribution in [0.25, 0.3) is 0 Å². The van der Waals surface area contributed by atoms with Crippen LogP contribution in [-0.4, -0.2) is 106 Å². The van der Waals surface area contributed by atoms with E-state index in [0.717, 1.165) is 30.4 Å². The van der Waals surface area contributed by atoms with E-state index in [1.165, 1.54) is 0 Å². The van der Waals surface area contributed by atoms with Crippen molar-refractivity contribution in [3.05, 3.63) is 42.0 Å². The van der Waals surface area contributed by atoms with E-state index in [2.05, 4.69) is 28.2 Å². The molecule has 13 atom stereocenters. The molecule has 1 aromatic carbocycles. The number of carboxylic acid groups (broad SMARTS) is 1. The van der Waals surface area contributed by atoms with Crippen LogP contribution in [0, 0.1) is 40.4 Å². The maximum atomic E-state index is 13.2. The highest BCUT2D eigenvalue weighted by Gasteiger charge is 2.67. The first-order chi connectivity index (χ1) is 28.6. The standard InChI is InChI=1S/C42H59NO16S/c1-22(2)17-34(47)56-37-36(57-60-59-58-52)35(48)30(21-53-33(46)12-11-32(45)43-16-14-24-5-8-26(44)9-6-24)55-40(37)54-27-18-28(39(50)51)29-13-15-42-19-25(23(3)38(42)49)7-10-31(42)41(29,4)20-27/h5-6,8-9,22,25,27-31,35-38,40,44,48-49,52H,3,7,10-21H2,1-2,4H3,(H,43,45)(H,50,51)/t25?,27?,28?,29?,30-,31?,35-,36-,37?,38+,40+,41?,42?/m1/s1. The molecule has 334 valence electrons. The van der Waals surface area contributed by atoms with Crippen LogP contribution < -0.4 is 5.32 Å². The smallest absolute Gasteiger partial charge is 0.306 e. The number of carboxylic acids is 1. The molecule has 1 aromatic rings. The number of carbonyl (C=O) groups excluding carboxylic acids is 3. The van der Waals surface area contributed by atoms with E-state index in [9.17, 15) is 39.6 Å². The van der Waals surface area contributed by atoms with Crippen LogP contribution in [0.1, 0.15) is 90.5 Å². The molecule has 0 radical (unpaired) electrons. The number of carbonyl (C=O) groups is 4. The molecule has 6 rings (SSSR count). The van der Waals surface area contributed by atoms with Crippen LogP contribution in [0.3, 0.4) is 0 Å². The second-order valence-electron chi connectivity index (χ2n) is 17.8. The zero-order valence-electron chi connectivity index (χ0n) is 34.3. The molecule has 1 heterocycles. The number of aliphatic carboxylic acids is 1. The van der Waals surface area contributed by atoms with E-state index in [4.69, 9.17) is 28.4 Å². The van der Waals surface area contributed by atoms with E-state index in [0.29, 0.717) is 32.2 Å². The maximum Gasteiger partial charge on any atom is 0.306 e. The van der Waals surface area contributed by atoms with Crippen molar-refractivity contribution in [2.75, 3.05) is 13.2 Å². The Kier molecular flexibility index (Phi) is 15.2. The Morgan fingerprint density at radius 2 is 1.78 bits per heavy atom. The fourth-order valence-corrected chi connectivity index (χ4v) is 11.4. The summed E-state index contributed by atoms with van der Waals surface area (Å²) >= 11 is 0.130. The number of phenols is 1. The monoisotopic (exact) mass is 865 g/mol. The van der Waals surface area contributed by atoms with Crippen molar-refractivity contribution in [2.24, 2.45) is 40.4 Å². The second-order valence-corrected chi connectivity index (χ2v) is 18.3. The first kappa shape index (κ1) is 46.2. The molecule has 1 saturated heterocycles. The van der Waals surface area contributed by atoms with Gasteiger partial charge < -0.3 is 44.7 Å². The van der Waals surface area contributed by atoms with Crippen molar-refractivity contribution in [2.45, 2.75) is 134 Å². The van der Waals surface area contributed by atoms with Gasteiger partial charge in [-0.1, -0.05) is 44.5 Å². The number of ether oxygens (including phenoxy) is 4. The van der Waals surface area contributed by atoms with E-state index in [1.54, 1.807) is 24.3 Å². The number of esters is 2. The van der Waals surface area contributed by atoms with Crippen LogP contribution in [-0.2, 0) is 58.1 Å². The number of hydrogen-bond acceptors (Lipinski definition) is 16. The molecule has 8 unspecified atom stereocenters. The quantitative estimate of drug-likeness (QED) is 0.0227. The van der Waals surface area contributed by atoms with Crippen molar-refractivity contribution in [1.82, 2.24) is 5.32 Å². The summed E-state index contributed by atoms with van der Waals surface area (Å²) in [6, 6.07) is 6.57. The number of phenolic OH excluding ortho intramolecular Hbond substituents is 1. The maximum absolute atomic E-state index is 13.2. The summed E-state index contributed by atoms with van der Waals surface area (Å²) in [4.78, 5) is 51.5. The third-order valence-corrected chi connectivity index (χ3v) is 14.1. The van der Waals surface area contributed by atoms with Gasteiger partial charge in [0.15, 0.2) is 24.7 Å². The number of aliphatic hydroxyl groups excluding tert-OH is 2. The molecular weight excluding hydrogens is 807 g/mol. The van der Waals surface area contributed by atoms with Crippen LogP contribution in [0.2, 0.25) is 0 Å². The normalized spacial score (nSPS) is 35.9. The number of amides is 1. The number of aromatic hydroxyl groups is 1. The number of aliphatic hydroxyl groups is 2. The number of nitrogens with one attached hydrogen (secondary N) is 1. The topological polar surface area (TPSA) is 246 Å². The lowest BCUT2D eigenvalue weighted by molar-refractivity contribution is -0.435. The average Bonchev–Trinajstić information content (AvgIpc) is 3.37. The van der Waals surface area contributed by atoms with Gasteiger partial charge in [0.25, 0.3) is 0 Å². The summed E-state index contributed by atoms with van der Waals surface area (Å²) in [6.07, 6.45) is -4.45. The van der Waals surface area contributed by atoms with Gasteiger partial charge in [-0.15, -0.1) is 4.33 Å². The first-order valence-corrected chi connectivity index (χ1v) is 21.5. The molecular formula is C42H59NO16S. The zero-order valence-corrected chi connectivity index (χ0v) is 35.1. The minimum absolute atomic E-state index is 0.00659. The minimum Gasteiger partial charge on any atom is -0.508 e. The molecule has 1 spiro atoms. The van der Waals surface area contributed by atoms with E-state index in [1.807, 2.05) is 13.8 Å². The molecule has 18 heteroatoms. The lowest BCUT2D eigenvalue weighted by Crippen LogP contribution is -2.63. The summed E-state index contributed by atoms with van der Waals surface area (Å²) in [5, 5.41) is 58.4.